The van der Waals surface area contributed by atoms with E-state index >= 15 is 0 Å². The predicted octanol–water partition coefficient (Wildman–Crippen LogP) is 0.730. The lowest BCUT2D eigenvalue weighted by Gasteiger charge is -2.36. The molecule has 1 aromatic rings. The van der Waals surface area contributed by atoms with Crippen molar-refractivity contribution in [3.8, 4) is 0 Å². The third kappa shape index (κ3) is 6.29. The highest BCUT2D eigenvalue weighted by Gasteiger charge is 2.23. The molecule has 2 aliphatic heterocycles. The molecule has 1 N–H and O–H groups in total. The molecule has 0 aliphatic carbocycles. The number of hydrogen-bond donors (Lipinski definition) is 1. The van der Waals surface area contributed by atoms with E-state index in [0.29, 0.717) is 26.2 Å². The summed E-state index contributed by atoms with van der Waals surface area (Å²) in [5.74, 6) is 0.276. The van der Waals surface area contributed by atoms with Crippen LogP contribution in [0.5, 0.6) is 0 Å². The molecule has 154 valence electrons. The van der Waals surface area contributed by atoms with Crippen LogP contribution >= 0.6 is 0 Å². The summed E-state index contributed by atoms with van der Waals surface area (Å²) in [4.78, 5) is 31.1. The molecule has 2 fully saturated rings. The second-order valence-electron chi connectivity index (χ2n) is 7.56. The van der Waals surface area contributed by atoms with Crippen LogP contribution in [0, 0.1) is 0 Å². The van der Waals surface area contributed by atoms with E-state index in [1.54, 1.807) is 0 Å². The van der Waals surface area contributed by atoms with Crippen molar-refractivity contribution in [1.29, 1.82) is 0 Å². The van der Waals surface area contributed by atoms with Crippen molar-refractivity contribution in [2.45, 2.75) is 19.4 Å². The summed E-state index contributed by atoms with van der Waals surface area (Å²) in [6.45, 7) is 9.47. The number of ether oxygens (including phenoxy) is 1. The molecular weight excluding hydrogens is 356 g/mol. The van der Waals surface area contributed by atoms with Crippen molar-refractivity contribution in [3.05, 3.63) is 35.9 Å². The number of piperazine rings is 1. The number of benzene rings is 1. The van der Waals surface area contributed by atoms with Crippen LogP contribution in [0.3, 0.4) is 0 Å². The second-order valence-corrected chi connectivity index (χ2v) is 7.56. The maximum Gasteiger partial charge on any atom is 0.236 e. The predicted molar refractivity (Wildman–Crippen MR) is 108 cm³/mol. The minimum Gasteiger partial charge on any atom is -0.379 e. The smallest absolute Gasteiger partial charge is 0.236 e. The number of nitrogens with zero attached hydrogens (tertiary/aromatic N) is 3. The van der Waals surface area contributed by atoms with Crippen LogP contribution in [0.4, 0.5) is 0 Å². The third-order valence-corrected chi connectivity index (χ3v) is 5.52. The van der Waals surface area contributed by atoms with E-state index in [2.05, 4.69) is 15.1 Å². The van der Waals surface area contributed by atoms with E-state index in [1.807, 2.05) is 42.2 Å². The summed E-state index contributed by atoms with van der Waals surface area (Å²) in [5, 5.41) is 3.06. The van der Waals surface area contributed by atoms with Gasteiger partial charge in [0.15, 0.2) is 0 Å². The Bertz CT molecular complexity index is 626. The van der Waals surface area contributed by atoms with Gasteiger partial charge in [-0.05, 0) is 12.5 Å². The molecule has 0 aromatic heterocycles. The fraction of sp³-hybridized carbons (Fsp3) is 0.619. The summed E-state index contributed by atoms with van der Waals surface area (Å²) >= 11 is 0. The lowest BCUT2D eigenvalue weighted by Crippen LogP contribution is -2.52. The Morgan fingerprint density at radius 3 is 2.36 bits per heavy atom. The maximum atomic E-state index is 12.5. The third-order valence-electron chi connectivity index (χ3n) is 5.52. The molecule has 1 aromatic carbocycles. The average Bonchev–Trinajstić information content (AvgIpc) is 2.74. The van der Waals surface area contributed by atoms with Gasteiger partial charge in [0.05, 0.1) is 25.8 Å². The molecule has 1 atom stereocenters. The molecule has 0 saturated carbocycles. The molecular formula is C21H32N4O3. The fourth-order valence-electron chi connectivity index (χ4n) is 3.67. The van der Waals surface area contributed by atoms with Crippen molar-refractivity contribution in [1.82, 2.24) is 20.0 Å². The van der Waals surface area contributed by atoms with Gasteiger partial charge in [0.2, 0.25) is 11.8 Å². The van der Waals surface area contributed by atoms with E-state index < -0.39 is 0 Å². The molecule has 0 unspecified atom stereocenters. The Labute approximate surface area is 167 Å². The molecule has 0 bridgehead atoms. The molecule has 0 spiro atoms. The number of hydrogen-bond acceptors (Lipinski definition) is 5. The molecule has 2 amide bonds. The van der Waals surface area contributed by atoms with Crippen LogP contribution in [0.25, 0.3) is 0 Å². The quantitative estimate of drug-likeness (QED) is 0.746. The van der Waals surface area contributed by atoms with Crippen LogP contribution in [0.2, 0.25) is 0 Å². The highest BCUT2D eigenvalue weighted by atomic mass is 16.5. The zero-order valence-corrected chi connectivity index (χ0v) is 16.8. The molecule has 7 heteroatoms. The lowest BCUT2D eigenvalue weighted by molar-refractivity contribution is -0.135. The first kappa shape index (κ1) is 20.8. The molecule has 2 heterocycles. The normalized spacial score (nSPS) is 20.0. The van der Waals surface area contributed by atoms with E-state index in [9.17, 15) is 9.59 Å². The van der Waals surface area contributed by atoms with Gasteiger partial charge in [-0.15, -0.1) is 0 Å². The number of rotatable bonds is 7. The van der Waals surface area contributed by atoms with Gasteiger partial charge in [-0.25, -0.2) is 0 Å². The van der Waals surface area contributed by atoms with Gasteiger partial charge in [-0.3, -0.25) is 19.4 Å². The topological polar surface area (TPSA) is 65.1 Å². The van der Waals surface area contributed by atoms with Crippen LogP contribution in [0.1, 0.15) is 24.9 Å². The van der Waals surface area contributed by atoms with E-state index in [0.717, 1.165) is 51.4 Å². The zero-order chi connectivity index (χ0) is 19.8. The van der Waals surface area contributed by atoms with E-state index in [-0.39, 0.29) is 17.9 Å². The average molecular weight is 389 g/mol. The molecule has 0 radical (unpaired) electrons. The maximum absolute atomic E-state index is 12.5. The standard InChI is InChI=1S/C21H32N4O3/c1-18(19-5-3-2-4-6-19)22-20(26)7-8-23-9-11-25(12-10-23)21(27)17-24-13-15-28-16-14-24/h2-6,18H,7-17H2,1H3,(H,22,26)/t18-/m0/s1. The highest BCUT2D eigenvalue weighted by Crippen LogP contribution is 2.11. The number of carbonyl (C=O) groups excluding carboxylic acids is 2. The zero-order valence-electron chi connectivity index (χ0n) is 16.8. The van der Waals surface area contributed by atoms with Crippen molar-refractivity contribution < 1.29 is 14.3 Å². The fourth-order valence-corrected chi connectivity index (χ4v) is 3.67. The highest BCUT2D eigenvalue weighted by molar-refractivity contribution is 5.78. The lowest BCUT2D eigenvalue weighted by atomic mass is 10.1. The van der Waals surface area contributed by atoms with E-state index in [1.165, 1.54) is 0 Å². The number of morpholine rings is 1. The number of amides is 2. The van der Waals surface area contributed by atoms with Crippen LogP contribution in [-0.4, -0.2) is 92.1 Å². The molecule has 3 rings (SSSR count). The van der Waals surface area contributed by atoms with Crippen LogP contribution < -0.4 is 5.32 Å². The van der Waals surface area contributed by atoms with Gasteiger partial charge in [0.1, 0.15) is 0 Å². The summed E-state index contributed by atoms with van der Waals surface area (Å²) in [6, 6.07) is 10.0. The first-order valence-electron chi connectivity index (χ1n) is 10.3. The van der Waals surface area contributed by atoms with Crippen LogP contribution in [-0.2, 0) is 14.3 Å². The number of carbonyl (C=O) groups is 2. The van der Waals surface area contributed by atoms with E-state index in [4.69, 9.17) is 4.74 Å². The Morgan fingerprint density at radius 1 is 1.00 bits per heavy atom. The Hall–Kier alpha value is -1.96. The minimum absolute atomic E-state index is 0.0170. The number of nitrogens with one attached hydrogen (secondary N) is 1. The summed E-state index contributed by atoms with van der Waals surface area (Å²) in [5.41, 5.74) is 1.11. The van der Waals surface area contributed by atoms with Gasteiger partial charge >= 0.3 is 0 Å². The SMILES string of the molecule is C[C@H](NC(=O)CCN1CCN(C(=O)CN2CCOCC2)CC1)c1ccccc1. The summed E-state index contributed by atoms with van der Waals surface area (Å²) < 4.78 is 5.33. The Balaban J connectivity index is 1.32. The first-order valence-corrected chi connectivity index (χ1v) is 10.3. The van der Waals surface area contributed by atoms with Crippen molar-refractivity contribution >= 4 is 11.8 Å². The molecule has 7 nitrogen and oxygen atoms in total. The summed E-state index contributed by atoms with van der Waals surface area (Å²) in [6.07, 6.45) is 0.485. The molecule has 28 heavy (non-hydrogen) atoms. The molecule has 2 aliphatic rings. The van der Waals surface area contributed by atoms with Gasteiger partial charge in [-0.1, -0.05) is 30.3 Å². The first-order chi connectivity index (χ1) is 13.6. The van der Waals surface area contributed by atoms with Gasteiger partial charge in [0, 0.05) is 52.2 Å². The second kappa shape index (κ2) is 10.5. The van der Waals surface area contributed by atoms with Crippen LogP contribution in [0.15, 0.2) is 30.3 Å². The minimum atomic E-state index is 0.0170. The Morgan fingerprint density at radius 2 is 1.68 bits per heavy atom. The van der Waals surface area contributed by atoms with Crippen molar-refractivity contribution in [2.24, 2.45) is 0 Å². The monoisotopic (exact) mass is 388 g/mol. The van der Waals surface area contributed by atoms with Gasteiger partial charge < -0.3 is 15.0 Å². The largest absolute Gasteiger partial charge is 0.379 e. The van der Waals surface area contributed by atoms with Crippen molar-refractivity contribution in [2.75, 3.05) is 65.6 Å². The van der Waals surface area contributed by atoms with Gasteiger partial charge in [0.25, 0.3) is 0 Å². The molecule has 2 saturated heterocycles. The Kier molecular flexibility index (Phi) is 7.82. The van der Waals surface area contributed by atoms with Crippen molar-refractivity contribution in [3.63, 3.8) is 0 Å². The van der Waals surface area contributed by atoms with Gasteiger partial charge in [-0.2, -0.15) is 0 Å². The summed E-state index contributed by atoms with van der Waals surface area (Å²) in [7, 11) is 0.